The SMILES string of the molecule is NC1(c2cncc(-c3ccccc3)c2)CCCC1. The van der Waals surface area contributed by atoms with Crippen LogP contribution in [0.2, 0.25) is 0 Å². The molecule has 0 spiro atoms. The number of nitrogens with two attached hydrogens (primary N) is 1. The molecule has 0 amide bonds. The van der Waals surface area contributed by atoms with Gasteiger partial charge in [-0.2, -0.15) is 0 Å². The van der Waals surface area contributed by atoms with Gasteiger partial charge in [-0.25, -0.2) is 0 Å². The molecule has 2 nitrogen and oxygen atoms in total. The van der Waals surface area contributed by atoms with Crippen molar-refractivity contribution in [3.63, 3.8) is 0 Å². The highest BCUT2D eigenvalue weighted by molar-refractivity contribution is 5.63. The van der Waals surface area contributed by atoms with Crippen molar-refractivity contribution in [1.29, 1.82) is 0 Å². The van der Waals surface area contributed by atoms with Gasteiger partial charge in [-0.15, -0.1) is 0 Å². The second-order valence-corrected chi connectivity index (χ2v) is 5.19. The van der Waals surface area contributed by atoms with E-state index in [1.54, 1.807) is 0 Å². The van der Waals surface area contributed by atoms with E-state index in [2.05, 4.69) is 35.3 Å². The van der Waals surface area contributed by atoms with Gasteiger partial charge < -0.3 is 5.73 Å². The van der Waals surface area contributed by atoms with E-state index in [1.165, 1.54) is 24.0 Å². The van der Waals surface area contributed by atoms with E-state index in [0.717, 1.165) is 18.4 Å². The van der Waals surface area contributed by atoms with Gasteiger partial charge in [0.25, 0.3) is 0 Å². The van der Waals surface area contributed by atoms with Gasteiger partial charge >= 0.3 is 0 Å². The highest BCUT2D eigenvalue weighted by Crippen LogP contribution is 2.37. The molecule has 1 heterocycles. The Labute approximate surface area is 108 Å². The molecule has 2 N–H and O–H groups in total. The topological polar surface area (TPSA) is 38.9 Å². The van der Waals surface area contributed by atoms with Gasteiger partial charge in [0.15, 0.2) is 0 Å². The number of benzene rings is 1. The van der Waals surface area contributed by atoms with Gasteiger partial charge in [-0.05, 0) is 30.0 Å². The number of hydrogen-bond donors (Lipinski definition) is 1. The first-order valence-electron chi connectivity index (χ1n) is 6.58. The Kier molecular flexibility index (Phi) is 2.88. The Bertz CT molecular complexity index is 528. The summed E-state index contributed by atoms with van der Waals surface area (Å²) in [4.78, 5) is 4.37. The van der Waals surface area contributed by atoms with Gasteiger partial charge in [-0.3, -0.25) is 4.98 Å². The van der Waals surface area contributed by atoms with Crippen LogP contribution in [-0.2, 0) is 5.54 Å². The largest absolute Gasteiger partial charge is 0.321 e. The predicted molar refractivity (Wildman–Crippen MR) is 74.0 cm³/mol. The molecule has 1 aromatic heterocycles. The maximum atomic E-state index is 6.49. The summed E-state index contributed by atoms with van der Waals surface area (Å²) < 4.78 is 0. The molecule has 1 fully saturated rings. The zero-order chi connectivity index (χ0) is 12.4. The van der Waals surface area contributed by atoms with Crippen molar-refractivity contribution in [2.24, 2.45) is 5.73 Å². The van der Waals surface area contributed by atoms with Crippen LogP contribution < -0.4 is 5.73 Å². The molecule has 92 valence electrons. The molecule has 1 saturated carbocycles. The summed E-state index contributed by atoms with van der Waals surface area (Å²) in [5.74, 6) is 0. The van der Waals surface area contributed by atoms with E-state index in [4.69, 9.17) is 5.73 Å². The van der Waals surface area contributed by atoms with Crippen LogP contribution in [0.3, 0.4) is 0 Å². The number of pyridine rings is 1. The molecule has 2 aromatic rings. The van der Waals surface area contributed by atoms with E-state index in [-0.39, 0.29) is 5.54 Å². The first kappa shape index (κ1) is 11.4. The molecule has 0 bridgehead atoms. The van der Waals surface area contributed by atoms with Crippen LogP contribution in [0.4, 0.5) is 0 Å². The first-order valence-corrected chi connectivity index (χ1v) is 6.58. The average molecular weight is 238 g/mol. The minimum atomic E-state index is -0.155. The molecular formula is C16H18N2. The summed E-state index contributed by atoms with van der Waals surface area (Å²) in [7, 11) is 0. The molecule has 0 atom stereocenters. The van der Waals surface area contributed by atoms with Crippen LogP contribution in [0.5, 0.6) is 0 Å². The Morgan fingerprint density at radius 3 is 2.39 bits per heavy atom. The van der Waals surface area contributed by atoms with Gasteiger partial charge in [0.2, 0.25) is 0 Å². The Hall–Kier alpha value is -1.67. The normalized spacial score (nSPS) is 17.8. The van der Waals surface area contributed by atoms with E-state index in [9.17, 15) is 0 Å². The summed E-state index contributed by atoms with van der Waals surface area (Å²) in [5.41, 5.74) is 9.87. The standard InChI is InChI=1S/C16H18N2/c17-16(8-4-5-9-16)15-10-14(11-18-12-15)13-6-2-1-3-7-13/h1-3,6-7,10-12H,4-5,8-9,17H2. The summed E-state index contributed by atoms with van der Waals surface area (Å²) in [6, 6.07) is 12.6. The zero-order valence-corrected chi connectivity index (χ0v) is 10.5. The summed E-state index contributed by atoms with van der Waals surface area (Å²) in [6.45, 7) is 0. The molecule has 3 rings (SSSR count). The molecule has 0 saturated heterocycles. The smallest absolute Gasteiger partial charge is 0.0425 e. The van der Waals surface area contributed by atoms with E-state index in [0.29, 0.717) is 0 Å². The van der Waals surface area contributed by atoms with Crippen molar-refractivity contribution >= 4 is 0 Å². The van der Waals surface area contributed by atoms with Crippen molar-refractivity contribution in [3.05, 3.63) is 54.4 Å². The third-order valence-corrected chi connectivity index (χ3v) is 3.92. The molecule has 0 unspecified atom stereocenters. The third kappa shape index (κ3) is 2.04. The van der Waals surface area contributed by atoms with Crippen LogP contribution in [-0.4, -0.2) is 4.98 Å². The zero-order valence-electron chi connectivity index (χ0n) is 10.5. The quantitative estimate of drug-likeness (QED) is 0.870. The minimum Gasteiger partial charge on any atom is -0.321 e. The van der Waals surface area contributed by atoms with Gasteiger partial charge in [0, 0.05) is 23.5 Å². The lowest BCUT2D eigenvalue weighted by atomic mass is 9.89. The molecule has 0 radical (unpaired) electrons. The monoisotopic (exact) mass is 238 g/mol. The Morgan fingerprint density at radius 1 is 0.944 bits per heavy atom. The third-order valence-electron chi connectivity index (χ3n) is 3.92. The first-order chi connectivity index (χ1) is 8.78. The maximum absolute atomic E-state index is 6.49. The van der Waals surface area contributed by atoms with Crippen LogP contribution in [0.25, 0.3) is 11.1 Å². The second kappa shape index (κ2) is 4.54. The fourth-order valence-corrected chi connectivity index (χ4v) is 2.80. The van der Waals surface area contributed by atoms with Crippen LogP contribution in [0.1, 0.15) is 31.2 Å². The van der Waals surface area contributed by atoms with E-state index >= 15 is 0 Å². The number of hydrogen-bond acceptors (Lipinski definition) is 2. The van der Waals surface area contributed by atoms with Crippen molar-refractivity contribution in [2.75, 3.05) is 0 Å². The number of rotatable bonds is 2. The molecule has 1 aromatic carbocycles. The van der Waals surface area contributed by atoms with Crippen molar-refractivity contribution < 1.29 is 0 Å². The molecule has 18 heavy (non-hydrogen) atoms. The van der Waals surface area contributed by atoms with Gasteiger partial charge in [-0.1, -0.05) is 43.2 Å². The Morgan fingerprint density at radius 2 is 1.67 bits per heavy atom. The lowest BCUT2D eigenvalue weighted by Gasteiger charge is -2.24. The van der Waals surface area contributed by atoms with Crippen LogP contribution in [0, 0.1) is 0 Å². The number of aromatic nitrogens is 1. The average Bonchev–Trinajstić information content (AvgIpc) is 2.88. The van der Waals surface area contributed by atoms with Crippen molar-refractivity contribution in [2.45, 2.75) is 31.2 Å². The lowest BCUT2D eigenvalue weighted by Crippen LogP contribution is -2.33. The lowest BCUT2D eigenvalue weighted by molar-refractivity contribution is 0.460. The summed E-state index contributed by atoms with van der Waals surface area (Å²) in [5, 5.41) is 0. The molecule has 1 aliphatic carbocycles. The fourth-order valence-electron chi connectivity index (χ4n) is 2.80. The van der Waals surface area contributed by atoms with E-state index < -0.39 is 0 Å². The highest BCUT2D eigenvalue weighted by Gasteiger charge is 2.31. The fraction of sp³-hybridized carbons (Fsp3) is 0.312. The predicted octanol–water partition coefficient (Wildman–Crippen LogP) is 3.48. The van der Waals surface area contributed by atoms with Gasteiger partial charge in [0.05, 0.1) is 0 Å². The molecule has 0 aliphatic heterocycles. The minimum absolute atomic E-state index is 0.155. The summed E-state index contributed by atoms with van der Waals surface area (Å²) in [6.07, 6.45) is 8.45. The maximum Gasteiger partial charge on any atom is 0.0425 e. The van der Waals surface area contributed by atoms with Crippen LogP contribution in [0.15, 0.2) is 48.8 Å². The van der Waals surface area contributed by atoms with Crippen molar-refractivity contribution in [1.82, 2.24) is 4.98 Å². The van der Waals surface area contributed by atoms with Gasteiger partial charge in [0.1, 0.15) is 0 Å². The van der Waals surface area contributed by atoms with E-state index in [1.807, 2.05) is 18.5 Å². The molecular weight excluding hydrogens is 220 g/mol. The van der Waals surface area contributed by atoms with Crippen molar-refractivity contribution in [3.8, 4) is 11.1 Å². The second-order valence-electron chi connectivity index (χ2n) is 5.19. The molecule has 1 aliphatic rings. The van der Waals surface area contributed by atoms with Crippen LogP contribution >= 0.6 is 0 Å². The highest BCUT2D eigenvalue weighted by atomic mass is 14.8. The summed E-state index contributed by atoms with van der Waals surface area (Å²) >= 11 is 0. The number of nitrogens with zero attached hydrogens (tertiary/aromatic N) is 1. The molecule has 2 heteroatoms. The Balaban J connectivity index is 1.99.